The van der Waals surface area contributed by atoms with Crippen LogP contribution in [-0.4, -0.2) is 33.2 Å². The van der Waals surface area contributed by atoms with Crippen LogP contribution in [0, 0.1) is 0 Å². The quantitative estimate of drug-likeness (QED) is 0.605. The Labute approximate surface area is 106 Å². The van der Waals surface area contributed by atoms with Gasteiger partial charge in [0.25, 0.3) is 0 Å². The molecule has 0 saturated heterocycles. The van der Waals surface area contributed by atoms with Gasteiger partial charge < -0.3 is 4.74 Å². The Morgan fingerprint density at radius 3 is 2.94 bits per heavy atom. The van der Waals surface area contributed by atoms with E-state index < -0.39 is 10.0 Å². The van der Waals surface area contributed by atoms with Crippen molar-refractivity contribution < 1.29 is 13.2 Å². The van der Waals surface area contributed by atoms with Crippen LogP contribution in [0.4, 0.5) is 0 Å². The summed E-state index contributed by atoms with van der Waals surface area (Å²) in [6.07, 6.45) is 2.06. The SMILES string of the molecule is CCOCCCNS(=O)(=O)c1cccnc1Cl. The molecule has 96 valence electrons. The molecule has 0 aliphatic heterocycles. The first-order valence-electron chi connectivity index (χ1n) is 5.26. The zero-order valence-corrected chi connectivity index (χ0v) is 11.1. The van der Waals surface area contributed by atoms with Crippen LogP contribution < -0.4 is 4.72 Å². The van der Waals surface area contributed by atoms with Gasteiger partial charge in [-0.15, -0.1) is 0 Å². The first-order chi connectivity index (χ1) is 8.08. The van der Waals surface area contributed by atoms with Gasteiger partial charge >= 0.3 is 0 Å². The molecule has 0 fully saturated rings. The normalized spacial score (nSPS) is 11.6. The van der Waals surface area contributed by atoms with E-state index in [4.69, 9.17) is 16.3 Å². The van der Waals surface area contributed by atoms with Gasteiger partial charge in [0.2, 0.25) is 10.0 Å². The highest BCUT2D eigenvalue weighted by Crippen LogP contribution is 2.17. The second-order valence-electron chi connectivity index (χ2n) is 3.24. The van der Waals surface area contributed by atoms with E-state index >= 15 is 0 Å². The molecule has 0 bridgehead atoms. The Morgan fingerprint density at radius 1 is 1.53 bits per heavy atom. The fraction of sp³-hybridized carbons (Fsp3) is 0.500. The predicted molar refractivity (Wildman–Crippen MR) is 65.5 cm³/mol. The number of halogens is 1. The van der Waals surface area contributed by atoms with Crippen molar-refractivity contribution >= 4 is 21.6 Å². The summed E-state index contributed by atoms with van der Waals surface area (Å²) in [5.41, 5.74) is 0. The molecule has 0 amide bonds. The van der Waals surface area contributed by atoms with Crippen LogP contribution in [0.15, 0.2) is 23.2 Å². The first kappa shape index (κ1) is 14.4. The van der Waals surface area contributed by atoms with E-state index in [0.717, 1.165) is 0 Å². The number of hydrogen-bond donors (Lipinski definition) is 1. The molecule has 0 saturated carbocycles. The number of nitrogens with one attached hydrogen (secondary N) is 1. The molecule has 1 heterocycles. The summed E-state index contributed by atoms with van der Waals surface area (Å²) in [7, 11) is -3.58. The molecule has 0 spiro atoms. The zero-order valence-electron chi connectivity index (χ0n) is 9.52. The minimum absolute atomic E-state index is 0.00178. The van der Waals surface area contributed by atoms with Crippen molar-refractivity contribution in [2.45, 2.75) is 18.2 Å². The third kappa shape index (κ3) is 4.59. The van der Waals surface area contributed by atoms with Crippen molar-refractivity contribution in [2.75, 3.05) is 19.8 Å². The van der Waals surface area contributed by atoms with Crippen LogP contribution in [0.3, 0.4) is 0 Å². The molecular weight excluding hydrogens is 264 g/mol. The van der Waals surface area contributed by atoms with Gasteiger partial charge in [0, 0.05) is 26.0 Å². The molecule has 0 atom stereocenters. The number of hydrogen-bond acceptors (Lipinski definition) is 4. The lowest BCUT2D eigenvalue weighted by Gasteiger charge is -2.07. The summed E-state index contributed by atoms with van der Waals surface area (Å²) in [6.45, 7) is 3.36. The predicted octanol–water partition coefficient (Wildman–Crippen LogP) is 1.44. The van der Waals surface area contributed by atoms with Gasteiger partial charge in [-0.2, -0.15) is 0 Å². The van der Waals surface area contributed by atoms with Crippen LogP contribution in [-0.2, 0) is 14.8 Å². The molecular formula is C10H15ClN2O3S. The van der Waals surface area contributed by atoms with Crippen LogP contribution in [0.1, 0.15) is 13.3 Å². The maximum atomic E-state index is 11.8. The standard InChI is InChI=1S/C10H15ClN2O3S/c1-2-16-8-4-7-13-17(14,15)9-5-3-6-12-10(9)11/h3,5-6,13H,2,4,7-8H2,1H3. The smallest absolute Gasteiger partial charge is 0.243 e. The van der Waals surface area contributed by atoms with Gasteiger partial charge in [0.15, 0.2) is 0 Å². The molecule has 17 heavy (non-hydrogen) atoms. The lowest BCUT2D eigenvalue weighted by molar-refractivity contribution is 0.146. The van der Waals surface area contributed by atoms with Gasteiger partial charge in [-0.05, 0) is 25.5 Å². The Kier molecular flexibility index (Phi) is 5.84. The molecule has 1 aromatic rings. The second kappa shape index (κ2) is 6.90. The summed E-state index contributed by atoms with van der Waals surface area (Å²) < 4.78 is 31.2. The Bertz CT molecular complexity index is 451. The Morgan fingerprint density at radius 2 is 2.29 bits per heavy atom. The second-order valence-corrected chi connectivity index (χ2v) is 5.33. The molecule has 1 rings (SSSR count). The van der Waals surface area contributed by atoms with Crippen LogP contribution in [0.25, 0.3) is 0 Å². The molecule has 0 aliphatic rings. The van der Waals surface area contributed by atoms with Gasteiger partial charge in [0.05, 0.1) is 0 Å². The van der Waals surface area contributed by atoms with Crippen LogP contribution in [0.5, 0.6) is 0 Å². The molecule has 1 N–H and O–H groups in total. The van der Waals surface area contributed by atoms with E-state index in [1.807, 2.05) is 6.92 Å². The van der Waals surface area contributed by atoms with Gasteiger partial charge in [0.1, 0.15) is 10.0 Å². The third-order valence-electron chi connectivity index (χ3n) is 1.98. The fourth-order valence-corrected chi connectivity index (χ4v) is 2.70. The minimum Gasteiger partial charge on any atom is -0.382 e. The van der Waals surface area contributed by atoms with Crippen molar-refractivity contribution in [1.29, 1.82) is 0 Å². The summed E-state index contributed by atoms with van der Waals surface area (Å²) in [5.74, 6) is 0. The van der Waals surface area contributed by atoms with Crippen LogP contribution in [0.2, 0.25) is 5.15 Å². The fourth-order valence-electron chi connectivity index (χ4n) is 1.17. The monoisotopic (exact) mass is 278 g/mol. The molecule has 0 radical (unpaired) electrons. The van der Waals surface area contributed by atoms with Crippen molar-refractivity contribution in [3.8, 4) is 0 Å². The van der Waals surface area contributed by atoms with Crippen molar-refractivity contribution in [3.63, 3.8) is 0 Å². The van der Waals surface area contributed by atoms with Gasteiger partial charge in [-0.25, -0.2) is 18.1 Å². The molecule has 1 aromatic heterocycles. The van der Waals surface area contributed by atoms with Crippen LogP contribution >= 0.6 is 11.6 Å². The number of pyridine rings is 1. The highest BCUT2D eigenvalue weighted by molar-refractivity contribution is 7.89. The minimum atomic E-state index is -3.58. The lowest BCUT2D eigenvalue weighted by Crippen LogP contribution is -2.26. The first-order valence-corrected chi connectivity index (χ1v) is 7.12. The van der Waals surface area contributed by atoms with Gasteiger partial charge in [-0.3, -0.25) is 0 Å². The zero-order chi connectivity index (χ0) is 12.7. The van der Waals surface area contributed by atoms with Crippen molar-refractivity contribution in [2.24, 2.45) is 0 Å². The Balaban J connectivity index is 2.55. The molecule has 7 heteroatoms. The van der Waals surface area contributed by atoms with Crippen molar-refractivity contribution in [1.82, 2.24) is 9.71 Å². The van der Waals surface area contributed by atoms with E-state index in [1.54, 1.807) is 0 Å². The number of rotatable bonds is 7. The molecule has 0 aromatic carbocycles. The van der Waals surface area contributed by atoms with E-state index in [9.17, 15) is 8.42 Å². The van der Waals surface area contributed by atoms with E-state index in [0.29, 0.717) is 26.2 Å². The maximum Gasteiger partial charge on any atom is 0.243 e. The average Bonchev–Trinajstić information content (AvgIpc) is 2.29. The molecule has 0 aliphatic carbocycles. The summed E-state index contributed by atoms with van der Waals surface area (Å²) in [5, 5.41) is -0.0233. The number of aromatic nitrogens is 1. The third-order valence-corrected chi connectivity index (χ3v) is 3.88. The largest absolute Gasteiger partial charge is 0.382 e. The van der Waals surface area contributed by atoms with E-state index in [2.05, 4.69) is 9.71 Å². The average molecular weight is 279 g/mol. The summed E-state index contributed by atoms with van der Waals surface area (Å²) in [4.78, 5) is 3.72. The summed E-state index contributed by atoms with van der Waals surface area (Å²) >= 11 is 5.72. The highest BCUT2D eigenvalue weighted by atomic mass is 35.5. The summed E-state index contributed by atoms with van der Waals surface area (Å²) in [6, 6.07) is 2.95. The van der Waals surface area contributed by atoms with Crippen molar-refractivity contribution in [3.05, 3.63) is 23.5 Å². The van der Waals surface area contributed by atoms with E-state index in [-0.39, 0.29) is 10.0 Å². The lowest BCUT2D eigenvalue weighted by atomic mass is 10.5. The van der Waals surface area contributed by atoms with E-state index in [1.165, 1.54) is 18.3 Å². The number of nitrogens with zero attached hydrogens (tertiary/aromatic N) is 1. The Hall–Kier alpha value is -0.690. The number of ether oxygens (including phenoxy) is 1. The number of sulfonamides is 1. The maximum absolute atomic E-state index is 11.8. The topological polar surface area (TPSA) is 68.3 Å². The van der Waals surface area contributed by atoms with Gasteiger partial charge in [-0.1, -0.05) is 11.6 Å². The molecule has 0 unspecified atom stereocenters. The molecule has 5 nitrogen and oxygen atoms in total. The highest BCUT2D eigenvalue weighted by Gasteiger charge is 2.17.